The van der Waals surface area contributed by atoms with Gasteiger partial charge in [-0.2, -0.15) is 0 Å². The van der Waals surface area contributed by atoms with Crippen LogP contribution in [0, 0.1) is 0 Å². The second-order valence-corrected chi connectivity index (χ2v) is 31.5. The third kappa shape index (κ3) is 11.0. The molecule has 0 bridgehead atoms. The molecule has 1 aliphatic rings. The molecule has 20 nitrogen and oxygen atoms in total. The molecule has 0 atom stereocenters. The second kappa shape index (κ2) is 19.2. The van der Waals surface area contributed by atoms with E-state index in [1.165, 1.54) is 52.0 Å². The Labute approximate surface area is 374 Å². The maximum atomic E-state index is 12.1. The van der Waals surface area contributed by atoms with Crippen molar-refractivity contribution in [1.82, 2.24) is 18.3 Å². The van der Waals surface area contributed by atoms with E-state index in [-0.39, 0.29) is 49.2 Å². The molecule has 5 rings (SSSR count). The lowest BCUT2D eigenvalue weighted by molar-refractivity contribution is 0.0907. The minimum atomic E-state index is -3.37. The Morgan fingerprint density at radius 2 is 0.562 bits per heavy atom. The van der Waals surface area contributed by atoms with Crippen molar-refractivity contribution in [3.05, 3.63) is 46.5 Å². The summed E-state index contributed by atoms with van der Waals surface area (Å²) in [6, 6.07) is 6.75. The highest BCUT2D eigenvalue weighted by Crippen LogP contribution is 2.41. The van der Waals surface area contributed by atoms with Crippen LogP contribution in [0.1, 0.15) is 94.8 Å². The molecule has 24 heteroatoms. The number of carbonyl (C=O) groups is 4. The first-order chi connectivity index (χ1) is 29.7. The average Bonchev–Trinajstić information content (AvgIpc) is 3.80. The lowest BCUT2D eigenvalue weighted by Gasteiger charge is -2.50. The average molecular weight is 965 g/mol. The van der Waals surface area contributed by atoms with E-state index in [1.807, 2.05) is 26.2 Å². The van der Waals surface area contributed by atoms with Crippen LogP contribution in [0.5, 0.6) is 47.0 Å². The predicted octanol–water partition coefficient (Wildman–Crippen LogP) is 6.38. The number of aromatic nitrogens is 4. The van der Waals surface area contributed by atoms with Crippen molar-refractivity contribution >= 4 is 57.9 Å². The molecule has 5 heterocycles. The normalized spacial score (nSPS) is 22.6. The minimum Gasteiger partial charge on any atom is -0.494 e. The molecule has 0 saturated carbocycles. The van der Waals surface area contributed by atoms with Gasteiger partial charge in [0.15, 0.2) is 0 Å². The van der Waals surface area contributed by atoms with E-state index in [0.717, 1.165) is 18.3 Å². The first-order valence-electron chi connectivity index (χ1n) is 21.1. The van der Waals surface area contributed by atoms with E-state index in [1.54, 1.807) is 0 Å². The Morgan fingerprint density at radius 1 is 0.391 bits per heavy atom. The summed E-state index contributed by atoms with van der Waals surface area (Å²) in [7, 11) is -13.5. The van der Waals surface area contributed by atoms with Crippen LogP contribution in [-0.2, 0) is 42.1 Å². The Kier molecular flexibility index (Phi) is 15.0. The van der Waals surface area contributed by atoms with E-state index in [2.05, 4.69) is 0 Å². The Morgan fingerprint density at radius 3 is 0.703 bits per heavy atom. The highest BCUT2D eigenvalue weighted by atomic mass is 28.5. The molecular formula is C40H60N4O16Si4. The largest absolute Gasteiger partial charge is 0.494 e. The smallest absolute Gasteiger partial charge is 0.317 e. The zero-order valence-corrected chi connectivity index (χ0v) is 41.4. The first kappa shape index (κ1) is 49.9. The number of hydrogen-bond acceptors (Lipinski definition) is 16. The maximum Gasteiger partial charge on any atom is 0.317 e. The second-order valence-electron chi connectivity index (χ2n) is 17.2. The SMILES string of the molecule is CC(=O)n1c(O)cc(CCC[Si]2(C)O[Si](C)(CCCc3cc(O)n(C(C)=O)c3O)O[Si](C)(CCCc3cc(O)n(C(C)=O)c3O)O[Si](C)(CCCc3cc(O)n(C(C)=O)c3O)O2)c1O. The van der Waals surface area contributed by atoms with Crippen LogP contribution in [-0.4, -0.2) is 117 Å². The van der Waals surface area contributed by atoms with Crippen LogP contribution >= 0.6 is 0 Å². The van der Waals surface area contributed by atoms with Gasteiger partial charge in [-0.05, 0) is 102 Å². The van der Waals surface area contributed by atoms with E-state index in [4.69, 9.17) is 16.5 Å². The third-order valence-corrected chi connectivity index (χ3v) is 30.3. The summed E-state index contributed by atoms with van der Waals surface area (Å²) in [6.07, 6.45) is 2.59. The van der Waals surface area contributed by atoms with Gasteiger partial charge < -0.3 is 57.3 Å². The number of aromatic hydroxyl groups is 8. The quantitative estimate of drug-likeness (QED) is 0.0566. The van der Waals surface area contributed by atoms with Gasteiger partial charge in [-0.1, -0.05) is 0 Å². The minimum absolute atomic E-state index is 0.249. The first-order valence-corrected chi connectivity index (χ1v) is 31.2. The fourth-order valence-corrected chi connectivity index (χ4v) is 32.2. The molecule has 352 valence electrons. The van der Waals surface area contributed by atoms with Crippen LogP contribution < -0.4 is 0 Å². The van der Waals surface area contributed by atoms with Gasteiger partial charge in [-0.3, -0.25) is 19.2 Å². The van der Waals surface area contributed by atoms with Gasteiger partial charge in [0.05, 0.1) is 0 Å². The van der Waals surface area contributed by atoms with Gasteiger partial charge in [0.25, 0.3) is 0 Å². The maximum absolute atomic E-state index is 12.1. The molecular weight excluding hydrogens is 905 g/mol. The van der Waals surface area contributed by atoms with Crippen molar-refractivity contribution in [1.29, 1.82) is 0 Å². The molecule has 4 aromatic rings. The zero-order valence-electron chi connectivity index (χ0n) is 37.4. The van der Waals surface area contributed by atoms with Gasteiger partial charge in [0, 0.05) is 74.2 Å². The molecule has 1 aliphatic heterocycles. The molecule has 0 aromatic carbocycles. The van der Waals surface area contributed by atoms with Gasteiger partial charge in [-0.15, -0.1) is 0 Å². The molecule has 0 amide bonds. The Bertz CT molecular complexity index is 2080. The monoisotopic (exact) mass is 964 g/mol. The summed E-state index contributed by atoms with van der Waals surface area (Å²) in [5.41, 5.74) is 1.40. The van der Waals surface area contributed by atoms with E-state index < -0.39 is 81.4 Å². The van der Waals surface area contributed by atoms with Crippen molar-refractivity contribution in [3.63, 3.8) is 0 Å². The molecule has 0 radical (unpaired) electrons. The molecule has 0 aliphatic carbocycles. The molecule has 1 fully saturated rings. The van der Waals surface area contributed by atoms with Crippen LogP contribution in [0.4, 0.5) is 0 Å². The Balaban J connectivity index is 1.48. The van der Waals surface area contributed by atoms with E-state index in [9.17, 15) is 60.0 Å². The summed E-state index contributed by atoms with van der Waals surface area (Å²) in [4.78, 5) is 48.4. The number of hydrogen-bond donors (Lipinski definition) is 8. The van der Waals surface area contributed by atoms with E-state index >= 15 is 0 Å². The topological polar surface area (TPSA) is 287 Å². The van der Waals surface area contributed by atoms with Crippen LogP contribution in [0.15, 0.2) is 24.3 Å². The van der Waals surface area contributed by atoms with Crippen LogP contribution in [0.2, 0.25) is 50.4 Å². The van der Waals surface area contributed by atoms with Gasteiger partial charge in [0.2, 0.25) is 70.7 Å². The van der Waals surface area contributed by atoms with Crippen molar-refractivity contribution < 1.29 is 76.5 Å². The summed E-state index contributed by atoms with van der Waals surface area (Å²) in [6.45, 7) is 12.5. The summed E-state index contributed by atoms with van der Waals surface area (Å²) < 4.78 is 32.2. The van der Waals surface area contributed by atoms with Gasteiger partial charge in [0.1, 0.15) is 0 Å². The number of aryl methyl sites for hydroxylation is 4. The molecule has 1 saturated heterocycles. The van der Waals surface area contributed by atoms with Crippen molar-refractivity contribution in [2.75, 3.05) is 0 Å². The summed E-state index contributed by atoms with van der Waals surface area (Å²) in [5, 5.41) is 84.5. The third-order valence-electron chi connectivity index (χ3n) is 11.4. The fourth-order valence-electron chi connectivity index (χ4n) is 8.84. The zero-order chi connectivity index (χ0) is 47.7. The molecule has 0 spiro atoms. The molecule has 4 aromatic heterocycles. The van der Waals surface area contributed by atoms with Gasteiger partial charge in [-0.25, -0.2) is 18.3 Å². The molecule has 64 heavy (non-hydrogen) atoms. The van der Waals surface area contributed by atoms with Gasteiger partial charge >= 0.3 is 34.2 Å². The van der Waals surface area contributed by atoms with Crippen molar-refractivity contribution in [2.24, 2.45) is 0 Å². The van der Waals surface area contributed by atoms with Crippen LogP contribution in [0.25, 0.3) is 0 Å². The summed E-state index contributed by atoms with van der Waals surface area (Å²) >= 11 is 0. The van der Waals surface area contributed by atoms with Crippen LogP contribution in [0.3, 0.4) is 0 Å². The Hall–Kier alpha value is -5.09. The highest BCUT2D eigenvalue weighted by Gasteiger charge is 2.56. The number of rotatable bonds is 16. The van der Waals surface area contributed by atoms with Crippen molar-refractivity contribution in [3.8, 4) is 47.0 Å². The van der Waals surface area contributed by atoms with Crippen molar-refractivity contribution in [2.45, 2.75) is 129 Å². The highest BCUT2D eigenvalue weighted by molar-refractivity contribution is 6.93. The summed E-state index contributed by atoms with van der Waals surface area (Å²) in [5.74, 6) is -5.32. The predicted molar refractivity (Wildman–Crippen MR) is 240 cm³/mol. The lowest BCUT2D eigenvalue weighted by Crippen LogP contribution is -2.67. The lowest BCUT2D eigenvalue weighted by atomic mass is 10.2. The van der Waals surface area contributed by atoms with E-state index in [0.29, 0.717) is 72.1 Å². The standard InChI is InChI=1S/C40H60N4O16Si4/c1-25(45)41-33(49)21-29(37(41)53)13-9-17-61(5)57-62(6,18-10-14-30-22-34(50)42(26(2)46)38(30)54)59-64(8,20-12-16-32-24-36(52)44(28(4)48)40(32)56)60-63(7,58-61)19-11-15-31-23-35(51)43(27(3)47)39(31)55/h21-24,49-56H,9-20H2,1-8H3. The fraction of sp³-hybridized carbons (Fsp3) is 0.500. The molecule has 0 unspecified atom stereocenters. The number of nitrogens with zero attached hydrogens (tertiary/aromatic N) is 4. The number of carbonyl (C=O) groups excluding carboxylic acids is 4. The molecule has 8 N–H and O–H groups in total.